The summed E-state index contributed by atoms with van der Waals surface area (Å²) in [7, 11) is 0. The second-order valence-electron chi connectivity index (χ2n) is 6.51. The summed E-state index contributed by atoms with van der Waals surface area (Å²) < 4.78 is 0.250. The van der Waals surface area contributed by atoms with Crippen molar-refractivity contribution in [3.8, 4) is 0 Å². The topological polar surface area (TPSA) is 0 Å². The first-order chi connectivity index (χ1) is 6.75. The van der Waals surface area contributed by atoms with Crippen molar-refractivity contribution in [3.05, 3.63) is 0 Å². The van der Waals surface area contributed by atoms with Crippen LogP contribution < -0.4 is 0 Å². The number of rotatable bonds is 2. The standard InChI is InChI=1S/C14H28S/c1-9(2)12-7-11(5)14(6,15)8-13(12)10(3)4/h9-13,15H,7-8H2,1-6H3. The fourth-order valence-corrected chi connectivity index (χ4v) is 3.48. The van der Waals surface area contributed by atoms with E-state index in [1.807, 2.05) is 0 Å². The molecule has 0 heterocycles. The number of thiol groups is 1. The van der Waals surface area contributed by atoms with Gasteiger partial charge in [-0.1, -0.05) is 41.5 Å². The third-order valence-electron chi connectivity index (χ3n) is 4.60. The Balaban J connectivity index is 2.82. The smallest absolute Gasteiger partial charge is 0.0130 e. The van der Waals surface area contributed by atoms with E-state index in [0.29, 0.717) is 0 Å². The second kappa shape index (κ2) is 4.69. The molecule has 1 aliphatic carbocycles. The van der Waals surface area contributed by atoms with Crippen LogP contribution in [0.4, 0.5) is 0 Å². The third kappa shape index (κ3) is 2.93. The molecule has 0 aromatic rings. The number of hydrogen-bond donors (Lipinski definition) is 1. The van der Waals surface area contributed by atoms with Crippen molar-refractivity contribution in [2.45, 2.75) is 59.1 Å². The Hall–Kier alpha value is 0.350. The molecular formula is C14H28S. The fraction of sp³-hybridized carbons (Fsp3) is 1.00. The molecule has 1 saturated carbocycles. The van der Waals surface area contributed by atoms with Gasteiger partial charge in [-0.25, -0.2) is 0 Å². The Morgan fingerprint density at radius 1 is 1.07 bits per heavy atom. The summed E-state index contributed by atoms with van der Waals surface area (Å²) in [5, 5.41) is 0. The summed E-state index contributed by atoms with van der Waals surface area (Å²) in [6.07, 6.45) is 2.65. The molecule has 1 rings (SSSR count). The van der Waals surface area contributed by atoms with Crippen molar-refractivity contribution in [3.63, 3.8) is 0 Å². The van der Waals surface area contributed by atoms with Gasteiger partial charge < -0.3 is 0 Å². The van der Waals surface area contributed by atoms with E-state index in [4.69, 9.17) is 12.6 Å². The van der Waals surface area contributed by atoms with Crippen LogP contribution in [0.3, 0.4) is 0 Å². The zero-order chi connectivity index (χ0) is 11.8. The van der Waals surface area contributed by atoms with Crippen LogP contribution in [0.5, 0.6) is 0 Å². The molecule has 1 fully saturated rings. The molecule has 0 radical (unpaired) electrons. The Kier molecular flexibility index (Phi) is 4.20. The van der Waals surface area contributed by atoms with Crippen LogP contribution in [0.15, 0.2) is 0 Å². The van der Waals surface area contributed by atoms with E-state index in [9.17, 15) is 0 Å². The predicted molar refractivity (Wildman–Crippen MR) is 72.4 cm³/mol. The molecule has 4 atom stereocenters. The van der Waals surface area contributed by atoms with Crippen LogP contribution in [0, 0.1) is 29.6 Å². The lowest BCUT2D eigenvalue weighted by Gasteiger charge is -2.48. The fourth-order valence-electron chi connectivity index (χ4n) is 3.16. The van der Waals surface area contributed by atoms with Crippen molar-refractivity contribution in [1.82, 2.24) is 0 Å². The highest BCUT2D eigenvalue weighted by atomic mass is 32.1. The minimum atomic E-state index is 0.250. The molecule has 4 unspecified atom stereocenters. The van der Waals surface area contributed by atoms with Crippen molar-refractivity contribution in [2.24, 2.45) is 29.6 Å². The maximum atomic E-state index is 4.88. The molecule has 1 heteroatoms. The summed E-state index contributed by atoms with van der Waals surface area (Å²) in [6.45, 7) is 14.2. The average Bonchev–Trinajstić information content (AvgIpc) is 2.08. The summed E-state index contributed by atoms with van der Waals surface area (Å²) in [6, 6.07) is 0. The lowest BCUT2D eigenvalue weighted by molar-refractivity contribution is 0.0834. The molecule has 0 aromatic carbocycles. The molecule has 0 amide bonds. The van der Waals surface area contributed by atoms with Crippen LogP contribution in [0.1, 0.15) is 54.4 Å². The molecular weight excluding hydrogens is 200 g/mol. The molecule has 1 aliphatic rings. The second-order valence-corrected chi connectivity index (χ2v) is 7.54. The van der Waals surface area contributed by atoms with E-state index < -0.39 is 0 Å². The van der Waals surface area contributed by atoms with Gasteiger partial charge in [-0.15, -0.1) is 0 Å². The van der Waals surface area contributed by atoms with Gasteiger partial charge in [-0.05, 0) is 42.4 Å². The summed E-state index contributed by atoms with van der Waals surface area (Å²) >= 11 is 4.88. The maximum absolute atomic E-state index is 4.88. The molecule has 0 nitrogen and oxygen atoms in total. The molecule has 90 valence electrons. The predicted octanol–water partition coefficient (Wildman–Crippen LogP) is 4.65. The highest BCUT2D eigenvalue weighted by Gasteiger charge is 2.42. The molecule has 0 aromatic heterocycles. The Bertz CT molecular complexity index is 205. The molecule has 15 heavy (non-hydrogen) atoms. The van der Waals surface area contributed by atoms with E-state index in [0.717, 1.165) is 29.6 Å². The molecule has 0 bridgehead atoms. The quantitative estimate of drug-likeness (QED) is 0.654. The lowest BCUT2D eigenvalue weighted by Crippen LogP contribution is -2.42. The Morgan fingerprint density at radius 3 is 1.93 bits per heavy atom. The van der Waals surface area contributed by atoms with Crippen LogP contribution >= 0.6 is 12.6 Å². The van der Waals surface area contributed by atoms with Gasteiger partial charge in [-0.3, -0.25) is 0 Å². The highest BCUT2D eigenvalue weighted by molar-refractivity contribution is 7.81. The maximum Gasteiger partial charge on any atom is 0.0130 e. The van der Waals surface area contributed by atoms with E-state index in [1.54, 1.807) is 0 Å². The normalized spacial score (nSPS) is 42.6. The van der Waals surface area contributed by atoms with E-state index >= 15 is 0 Å². The van der Waals surface area contributed by atoms with Gasteiger partial charge in [0, 0.05) is 4.75 Å². The van der Waals surface area contributed by atoms with Crippen molar-refractivity contribution < 1.29 is 0 Å². The SMILES string of the molecule is CC(C)C1CC(C)C(C)(S)CC1C(C)C. The minimum absolute atomic E-state index is 0.250. The van der Waals surface area contributed by atoms with Gasteiger partial charge >= 0.3 is 0 Å². The summed E-state index contributed by atoms with van der Waals surface area (Å²) in [5.41, 5.74) is 0. The van der Waals surface area contributed by atoms with Gasteiger partial charge in [0.1, 0.15) is 0 Å². The first kappa shape index (κ1) is 13.4. The third-order valence-corrected chi connectivity index (χ3v) is 5.22. The average molecular weight is 228 g/mol. The molecule has 0 aliphatic heterocycles. The molecule has 0 N–H and O–H groups in total. The van der Waals surface area contributed by atoms with Gasteiger partial charge in [0.25, 0.3) is 0 Å². The van der Waals surface area contributed by atoms with E-state index in [1.165, 1.54) is 12.8 Å². The van der Waals surface area contributed by atoms with Crippen molar-refractivity contribution >= 4 is 12.6 Å². The van der Waals surface area contributed by atoms with Gasteiger partial charge in [-0.2, -0.15) is 12.6 Å². The van der Waals surface area contributed by atoms with Crippen molar-refractivity contribution in [2.75, 3.05) is 0 Å². The van der Waals surface area contributed by atoms with E-state index in [-0.39, 0.29) is 4.75 Å². The monoisotopic (exact) mass is 228 g/mol. The zero-order valence-corrected chi connectivity index (χ0v) is 12.1. The first-order valence-corrected chi connectivity index (χ1v) is 6.92. The summed E-state index contributed by atoms with van der Waals surface area (Å²) in [5.74, 6) is 4.15. The van der Waals surface area contributed by atoms with Crippen LogP contribution in [0.25, 0.3) is 0 Å². The van der Waals surface area contributed by atoms with Gasteiger partial charge in [0.05, 0.1) is 0 Å². The lowest BCUT2D eigenvalue weighted by atomic mass is 9.62. The zero-order valence-electron chi connectivity index (χ0n) is 11.2. The van der Waals surface area contributed by atoms with Crippen LogP contribution in [-0.4, -0.2) is 4.75 Å². The minimum Gasteiger partial charge on any atom is -0.173 e. The number of hydrogen-bond acceptors (Lipinski definition) is 1. The van der Waals surface area contributed by atoms with Gasteiger partial charge in [0.2, 0.25) is 0 Å². The largest absolute Gasteiger partial charge is 0.173 e. The Labute approximate surface area is 102 Å². The van der Waals surface area contributed by atoms with Crippen molar-refractivity contribution in [1.29, 1.82) is 0 Å². The molecule has 0 saturated heterocycles. The first-order valence-electron chi connectivity index (χ1n) is 6.48. The highest BCUT2D eigenvalue weighted by Crippen LogP contribution is 2.48. The Morgan fingerprint density at radius 2 is 1.53 bits per heavy atom. The molecule has 0 spiro atoms. The van der Waals surface area contributed by atoms with Gasteiger partial charge in [0.15, 0.2) is 0 Å². The van der Waals surface area contributed by atoms with Crippen LogP contribution in [0.2, 0.25) is 0 Å². The summed E-state index contributed by atoms with van der Waals surface area (Å²) in [4.78, 5) is 0. The van der Waals surface area contributed by atoms with E-state index in [2.05, 4.69) is 41.5 Å². The van der Waals surface area contributed by atoms with Crippen LogP contribution in [-0.2, 0) is 0 Å².